The summed E-state index contributed by atoms with van der Waals surface area (Å²) in [4.78, 5) is 25.2. The number of anilines is 2. The molecule has 3 rings (SSSR count). The first-order chi connectivity index (χ1) is 13.5. The molecule has 0 atom stereocenters. The molecule has 3 N–H and O–H groups in total. The summed E-state index contributed by atoms with van der Waals surface area (Å²) < 4.78 is 5.28. The zero-order valence-electron chi connectivity index (χ0n) is 14.9. The van der Waals surface area contributed by atoms with E-state index < -0.39 is 10.8 Å². The van der Waals surface area contributed by atoms with Gasteiger partial charge < -0.3 is 15.0 Å². The van der Waals surface area contributed by atoms with Gasteiger partial charge in [0.15, 0.2) is 5.11 Å². The van der Waals surface area contributed by atoms with Gasteiger partial charge in [0.2, 0.25) is 0 Å². The van der Waals surface area contributed by atoms with Crippen LogP contribution in [0.15, 0.2) is 48.5 Å². The average molecular weight is 401 g/mol. The number of hydrazine groups is 1. The molecule has 1 fully saturated rings. The van der Waals surface area contributed by atoms with Crippen LogP contribution in [-0.2, 0) is 4.74 Å². The van der Waals surface area contributed by atoms with Crippen molar-refractivity contribution in [2.75, 3.05) is 36.5 Å². The normalized spacial score (nSPS) is 13.5. The smallest absolute Gasteiger partial charge is 0.293 e. The van der Waals surface area contributed by atoms with Gasteiger partial charge in [-0.25, -0.2) is 0 Å². The Morgan fingerprint density at radius 3 is 2.50 bits per heavy atom. The number of nitrogens with zero attached hydrogens (tertiary/aromatic N) is 2. The minimum absolute atomic E-state index is 0.125. The number of ether oxygens (including phenoxy) is 1. The number of hydrogen-bond acceptors (Lipinski definition) is 6. The van der Waals surface area contributed by atoms with Crippen molar-refractivity contribution >= 4 is 40.3 Å². The summed E-state index contributed by atoms with van der Waals surface area (Å²) in [5.74, 6) is -0.533. The van der Waals surface area contributed by atoms with Gasteiger partial charge in [-0.15, -0.1) is 0 Å². The van der Waals surface area contributed by atoms with Crippen LogP contribution in [0.5, 0.6) is 0 Å². The standard InChI is InChI=1S/C18H19N5O4S/c24-17(20-21-18(28)19-14-4-2-1-3-5-14)13-6-7-15(16(12-13)23(25)26)22-8-10-27-11-9-22/h1-7,12H,8-11H2,(H,20,24)(H2,19,21,28). The van der Waals surface area contributed by atoms with Gasteiger partial charge in [-0.2, -0.15) is 0 Å². The van der Waals surface area contributed by atoms with Crippen molar-refractivity contribution in [1.29, 1.82) is 0 Å². The Bertz CT molecular complexity index is 872. The number of rotatable bonds is 4. The van der Waals surface area contributed by atoms with E-state index >= 15 is 0 Å². The molecule has 2 aromatic carbocycles. The number of carbonyl (C=O) groups is 1. The summed E-state index contributed by atoms with van der Waals surface area (Å²) in [6.45, 7) is 2.14. The van der Waals surface area contributed by atoms with Crippen molar-refractivity contribution in [2.45, 2.75) is 0 Å². The van der Waals surface area contributed by atoms with Crippen LogP contribution in [-0.4, -0.2) is 42.2 Å². The first kappa shape index (κ1) is 19.5. The summed E-state index contributed by atoms with van der Waals surface area (Å²) in [7, 11) is 0. The quantitative estimate of drug-likeness (QED) is 0.406. The molecule has 0 bridgehead atoms. The number of nitro benzene ring substituents is 1. The number of thiocarbonyl (C=S) groups is 1. The molecule has 10 heteroatoms. The second kappa shape index (κ2) is 9.11. The Balaban J connectivity index is 1.65. The fourth-order valence-electron chi connectivity index (χ4n) is 2.75. The molecule has 0 radical (unpaired) electrons. The number of nitrogens with one attached hydrogen (secondary N) is 3. The predicted molar refractivity (Wildman–Crippen MR) is 109 cm³/mol. The van der Waals surface area contributed by atoms with Crippen LogP contribution in [0.2, 0.25) is 0 Å². The van der Waals surface area contributed by atoms with Gasteiger partial charge in [0, 0.05) is 30.4 Å². The lowest BCUT2D eigenvalue weighted by molar-refractivity contribution is -0.384. The van der Waals surface area contributed by atoms with Crippen molar-refractivity contribution in [1.82, 2.24) is 10.9 Å². The summed E-state index contributed by atoms with van der Waals surface area (Å²) in [6.07, 6.45) is 0. The second-order valence-corrected chi connectivity index (χ2v) is 6.37. The van der Waals surface area contributed by atoms with Gasteiger partial charge in [0.1, 0.15) is 5.69 Å². The summed E-state index contributed by atoms with van der Waals surface area (Å²) >= 11 is 5.11. The molecule has 1 amide bonds. The van der Waals surface area contributed by atoms with Crippen molar-refractivity contribution in [3.63, 3.8) is 0 Å². The monoisotopic (exact) mass is 401 g/mol. The second-order valence-electron chi connectivity index (χ2n) is 5.96. The van der Waals surface area contributed by atoms with Gasteiger partial charge in [-0.3, -0.25) is 25.8 Å². The zero-order valence-corrected chi connectivity index (χ0v) is 15.7. The van der Waals surface area contributed by atoms with E-state index in [0.29, 0.717) is 32.0 Å². The maximum Gasteiger partial charge on any atom is 0.293 e. The largest absolute Gasteiger partial charge is 0.378 e. The van der Waals surface area contributed by atoms with Crippen LogP contribution in [0, 0.1) is 10.1 Å². The molecule has 9 nitrogen and oxygen atoms in total. The van der Waals surface area contributed by atoms with E-state index in [1.807, 2.05) is 35.2 Å². The molecule has 0 saturated carbocycles. The maximum absolute atomic E-state index is 12.3. The number of nitro groups is 1. The first-order valence-electron chi connectivity index (χ1n) is 8.58. The lowest BCUT2D eigenvalue weighted by atomic mass is 10.1. The molecule has 146 valence electrons. The molecular formula is C18H19N5O4S. The van der Waals surface area contributed by atoms with Gasteiger partial charge in [0.25, 0.3) is 11.6 Å². The number of para-hydroxylation sites is 1. The highest BCUT2D eigenvalue weighted by molar-refractivity contribution is 7.80. The maximum atomic E-state index is 12.3. The van der Waals surface area contributed by atoms with Crippen LogP contribution in [0.3, 0.4) is 0 Å². The van der Waals surface area contributed by atoms with Crippen LogP contribution in [0.1, 0.15) is 10.4 Å². The SMILES string of the molecule is O=C(NNC(=S)Nc1ccccc1)c1ccc(N2CCOCC2)c([N+](=O)[O-])c1. The lowest BCUT2D eigenvalue weighted by Gasteiger charge is -2.28. The third kappa shape index (κ3) is 4.93. The van der Waals surface area contributed by atoms with Gasteiger partial charge in [-0.05, 0) is 36.5 Å². The van der Waals surface area contributed by atoms with Crippen LogP contribution < -0.4 is 21.1 Å². The van der Waals surface area contributed by atoms with Crippen molar-refractivity contribution in [2.24, 2.45) is 0 Å². The van der Waals surface area contributed by atoms with E-state index in [4.69, 9.17) is 17.0 Å². The molecule has 0 aliphatic carbocycles. The number of hydrogen-bond donors (Lipinski definition) is 3. The first-order valence-corrected chi connectivity index (χ1v) is 8.99. The molecule has 1 aliphatic heterocycles. The van der Waals surface area contributed by atoms with E-state index in [-0.39, 0.29) is 16.4 Å². The molecule has 0 aromatic heterocycles. The minimum Gasteiger partial charge on any atom is -0.378 e. The number of benzene rings is 2. The van der Waals surface area contributed by atoms with Gasteiger partial charge in [-0.1, -0.05) is 18.2 Å². The van der Waals surface area contributed by atoms with Gasteiger partial charge in [0.05, 0.1) is 18.1 Å². The van der Waals surface area contributed by atoms with Crippen LogP contribution in [0.25, 0.3) is 0 Å². The third-order valence-corrected chi connectivity index (χ3v) is 4.31. The van der Waals surface area contributed by atoms with Gasteiger partial charge >= 0.3 is 0 Å². The summed E-state index contributed by atoms with van der Waals surface area (Å²) in [5.41, 5.74) is 6.28. The Morgan fingerprint density at radius 1 is 1.11 bits per heavy atom. The van der Waals surface area contributed by atoms with E-state index in [1.165, 1.54) is 6.07 Å². The molecule has 2 aromatic rings. The number of amides is 1. The van der Waals surface area contributed by atoms with E-state index in [0.717, 1.165) is 5.69 Å². The van der Waals surface area contributed by atoms with Crippen molar-refractivity contribution in [3.8, 4) is 0 Å². The molecule has 1 aliphatic rings. The van der Waals surface area contributed by atoms with E-state index in [9.17, 15) is 14.9 Å². The highest BCUT2D eigenvalue weighted by Gasteiger charge is 2.23. The van der Waals surface area contributed by atoms with E-state index in [2.05, 4.69) is 16.2 Å². The topological polar surface area (TPSA) is 109 Å². The Morgan fingerprint density at radius 2 is 1.82 bits per heavy atom. The highest BCUT2D eigenvalue weighted by Crippen LogP contribution is 2.29. The third-order valence-electron chi connectivity index (χ3n) is 4.11. The zero-order chi connectivity index (χ0) is 19.9. The lowest BCUT2D eigenvalue weighted by Crippen LogP contribution is -2.43. The Labute approximate surface area is 166 Å². The fourth-order valence-corrected chi connectivity index (χ4v) is 2.92. The Hall–Kier alpha value is -3.24. The Kier molecular flexibility index (Phi) is 6.35. The fraction of sp³-hybridized carbons (Fsp3) is 0.222. The molecule has 28 heavy (non-hydrogen) atoms. The van der Waals surface area contributed by atoms with Crippen molar-refractivity contribution < 1.29 is 14.5 Å². The minimum atomic E-state index is -0.533. The van der Waals surface area contributed by atoms with Crippen LogP contribution in [0.4, 0.5) is 17.1 Å². The summed E-state index contributed by atoms with van der Waals surface area (Å²) in [5, 5.41) is 14.6. The molecule has 0 spiro atoms. The van der Waals surface area contributed by atoms with Crippen molar-refractivity contribution in [3.05, 3.63) is 64.2 Å². The average Bonchev–Trinajstić information content (AvgIpc) is 2.73. The number of carbonyl (C=O) groups excluding carboxylic acids is 1. The summed E-state index contributed by atoms with van der Waals surface area (Å²) in [6, 6.07) is 13.6. The highest BCUT2D eigenvalue weighted by atomic mass is 32.1. The molecule has 0 unspecified atom stereocenters. The molecule has 1 saturated heterocycles. The van der Waals surface area contributed by atoms with Crippen LogP contribution >= 0.6 is 12.2 Å². The molecule has 1 heterocycles. The predicted octanol–water partition coefficient (Wildman–Crippen LogP) is 2.06. The molecular weight excluding hydrogens is 382 g/mol. The van der Waals surface area contributed by atoms with E-state index in [1.54, 1.807) is 12.1 Å². The number of morpholine rings is 1.